The quantitative estimate of drug-likeness (QED) is 0.818. The van der Waals surface area contributed by atoms with Crippen molar-refractivity contribution < 1.29 is 4.79 Å². The number of amides is 2. The van der Waals surface area contributed by atoms with Crippen LogP contribution in [0.25, 0.3) is 0 Å². The number of urea groups is 1. The monoisotopic (exact) mass is 369 g/mol. The molecule has 2 N–H and O–H groups in total. The van der Waals surface area contributed by atoms with E-state index < -0.39 is 0 Å². The maximum atomic E-state index is 12.2. The molecule has 2 aromatic rings. The van der Waals surface area contributed by atoms with Gasteiger partial charge in [-0.1, -0.05) is 48.5 Å². The van der Waals surface area contributed by atoms with Gasteiger partial charge in [-0.2, -0.15) is 11.8 Å². The summed E-state index contributed by atoms with van der Waals surface area (Å²) in [4.78, 5) is 14.3. The Balaban J connectivity index is 1.48. The lowest BCUT2D eigenvalue weighted by molar-refractivity contribution is 0.240. The van der Waals surface area contributed by atoms with Crippen LogP contribution in [0.5, 0.6) is 0 Å². The van der Waals surface area contributed by atoms with Gasteiger partial charge >= 0.3 is 6.03 Å². The Bertz CT molecular complexity index is 748. The molecule has 0 fully saturated rings. The Morgan fingerprint density at radius 1 is 1.12 bits per heavy atom. The van der Waals surface area contributed by atoms with E-state index in [4.69, 9.17) is 0 Å². The van der Waals surface area contributed by atoms with Crippen LogP contribution >= 0.6 is 11.8 Å². The van der Waals surface area contributed by atoms with Crippen LogP contribution in [0.3, 0.4) is 0 Å². The topological polar surface area (TPSA) is 44.4 Å². The van der Waals surface area contributed by atoms with Crippen LogP contribution in [-0.2, 0) is 19.5 Å². The molecule has 1 heterocycles. The Hall–Kier alpha value is -1.98. The molecule has 0 bridgehead atoms. The third-order valence-corrected chi connectivity index (χ3v) is 5.75. The Labute approximate surface area is 160 Å². The number of hydrogen-bond acceptors (Lipinski definition) is 3. The Morgan fingerprint density at radius 3 is 2.77 bits per heavy atom. The lowest BCUT2D eigenvalue weighted by Gasteiger charge is -2.25. The number of nitrogens with zero attached hydrogens (tertiary/aromatic N) is 1. The van der Waals surface area contributed by atoms with Crippen molar-refractivity contribution >= 4 is 17.8 Å². The van der Waals surface area contributed by atoms with E-state index in [2.05, 4.69) is 66.0 Å². The number of thioether (sulfide) groups is 1. The molecule has 1 aliphatic heterocycles. The van der Waals surface area contributed by atoms with Gasteiger partial charge in [-0.25, -0.2) is 4.79 Å². The second-order valence-electron chi connectivity index (χ2n) is 6.93. The van der Waals surface area contributed by atoms with Gasteiger partial charge in [0.05, 0.1) is 0 Å². The lowest BCUT2D eigenvalue weighted by atomic mass is 10.0. The average molecular weight is 370 g/mol. The van der Waals surface area contributed by atoms with Crippen molar-refractivity contribution in [2.45, 2.75) is 24.8 Å². The van der Waals surface area contributed by atoms with E-state index in [0.29, 0.717) is 18.3 Å². The smallest absolute Gasteiger partial charge is 0.315 e. The highest BCUT2D eigenvalue weighted by Gasteiger charge is 2.20. The summed E-state index contributed by atoms with van der Waals surface area (Å²) in [5.41, 5.74) is 5.15. The van der Waals surface area contributed by atoms with Crippen LogP contribution in [0.1, 0.15) is 27.5 Å². The first-order valence-electron chi connectivity index (χ1n) is 9.05. The van der Waals surface area contributed by atoms with Gasteiger partial charge in [0.15, 0.2) is 0 Å². The zero-order valence-corrected chi connectivity index (χ0v) is 16.3. The molecule has 0 aromatic heterocycles. The van der Waals surface area contributed by atoms with E-state index in [1.165, 1.54) is 16.7 Å². The van der Waals surface area contributed by atoms with E-state index in [-0.39, 0.29) is 6.03 Å². The Kier molecular flexibility index (Phi) is 6.58. The average Bonchev–Trinajstić information content (AvgIpc) is 2.64. The largest absolute Gasteiger partial charge is 0.337 e. The fourth-order valence-corrected chi connectivity index (χ4v) is 4.51. The van der Waals surface area contributed by atoms with Gasteiger partial charge in [0.2, 0.25) is 0 Å². The summed E-state index contributed by atoms with van der Waals surface area (Å²) in [6.45, 7) is 2.11. The fraction of sp³-hybridized carbons (Fsp3) is 0.381. The molecule has 26 heavy (non-hydrogen) atoms. The third kappa shape index (κ3) is 5.26. The maximum Gasteiger partial charge on any atom is 0.315 e. The van der Waals surface area contributed by atoms with Crippen molar-refractivity contribution in [2.75, 3.05) is 26.4 Å². The summed E-state index contributed by atoms with van der Waals surface area (Å²) in [5.74, 6) is 1.11. The minimum atomic E-state index is -0.105. The van der Waals surface area contributed by atoms with Gasteiger partial charge in [0.25, 0.3) is 0 Å². The molecule has 4 nitrogen and oxygen atoms in total. The number of carbonyl (C=O) groups excluding carboxylic acids is 1. The van der Waals surface area contributed by atoms with Crippen molar-refractivity contribution in [1.82, 2.24) is 15.5 Å². The van der Waals surface area contributed by atoms with Crippen LogP contribution in [0.2, 0.25) is 0 Å². The molecule has 2 aromatic carbocycles. The van der Waals surface area contributed by atoms with Crippen LogP contribution in [0.15, 0.2) is 48.5 Å². The molecule has 1 atom stereocenters. The van der Waals surface area contributed by atoms with Crippen LogP contribution in [0, 0.1) is 0 Å². The molecule has 0 aliphatic carbocycles. The number of aryl methyl sites for hydroxylation is 1. The van der Waals surface area contributed by atoms with E-state index >= 15 is 0 Å². The molecule has 0 saturated carbocycles. The van der Waals surface area contributed by atoms with Crippen LogP contribution < -0.4 is 10.6 Å². The van der Waals surface area contributed by atoms with Crippen molar-refractivity contribution in [3.05, 3.63) is 70.8 Å². The molecule has 0 saturated heterocycles. The number of nitrogens with one attached hydrogen (secondary N) is 2. The zero-order chi connectivity index (χ0) is 18.4. The number of fused-ring (bicyclic) bond motifs is 1. The normalized spacial score (nSPS) is 16.2. The molecular weight excluding hydrogens is 342 g/mol. The van der Waals surface area contributed by atoms with Gasteiger partial charge in [0.1, 0.15) is 0 Å². The first kappa shape index (κ1) is 18.8. The van der Waals surface area contributed by atoms with Gasteiger partial charge in [0, 0.05) is 24.9 Å². The molecule has 0 radical (unpaired) electrons. The summed E-state index contributed by atoms with van der Waals surface area (Å²) in [6, 6.07) is 16.8. The highest BCUT2D eigenvalue weighted by atomic mass is 32.2. The SMILES string of the molecule is CN(C)Cc1cccc(CNC(=O)NCC2SCCc3ccccc32)c1. The van der Waals surface area contributed by atoms with Gasteiger partial charge in [-0.05, 0) is 48.5 Å². The van der Waals surface area contributed by atoms with Gasteiger partial charge in [-0.3, -0.25) is 0 Å². The molecule has 1 aliphatic rings. The number of carbonyl (C=O) groups is 1. The summed E-state index contributed by atoms with van der Waals surface area (Å²) >= 11 is 1.92. The minimum absolute atomic E-state index is 0.105. The van der Waals surface area contributed by atoms with Crippen LogP contribution in [0.4, 0.5) is 4.79 Å². The molecule has 138 valence electrons. The molecule has 5 heteroatoms. The third-order valence-electron chi connectivity index (χ3n) is 4.48. The minimum Gasteiger partial charge on any atom is -0.337 e. The molecule has 3 rings (SSSR count). The maximum absolute atomic E-state index is 12.2. The van der Waals surface area contributed by atoms with Crippen molar-refractivity contribution in [3.63, 3.8) is 0 Å². The van der Waals surface area contributed by atoms with Gasteiger partial charge in [-0.15, -0.1) is 0 Å². The second-order valence-corrected chi connectivity index (χ2v) is 8.24. The highest BCUT2D eigenvalue weighted by molar-refractivity contribution is 7.99. The van der Waals surface area contributed by atoms with Crippen LogP contribution in [-0.4, -0.2) is 37.3 Å². The number of hydrogen-bond donors (Lipinski definition) is 2. The first-order chi connectivity index (χ1) is 12.6. The summed E-state index contributed by atoms with van der Waals surface area (Å²) in [5, 5.41) is 6.34. The number of benzene rings is 2. The van der Waals surface area contributed by atoms with Gasteiger partial charge < -0.3 is 15.5 Å². The molecule has 0 spiro atoms. The summed E-state index contributed by atoms with van der Waals surface area (Å²) < 4.78 is 0. The first-order valence-corrected chi connectivity index (χ1v) is 10.1. The predicted octanol–water partition coefficient (Wildman–Crippen LogP) is 3.58. The van der Waals surface area contributed by atoms with E-state index in [1.807, 2.05) is 23.9 Å². The standard InChI is InChI=1S/C21H27N3OS/c1-24(2)15-17-7-5-6-16(12-17)13-22-21(25)23-14-20-19-9-4-3-8-18(19)10-11-26-20/h3-9,12,20H,10-11,13-15H2,1-2H3,(H2,22,23,25). The van der Waals surface area contributed by atoms with E-state index in [1.54, 1.807) is 0 Å². The molecule has 2 amide bonds. The molecule has 1 unspecified atom stereocenters. The zero-order valence-electron chi connectivity index (χ0n) is 15.5. The second kappa shape index (κ2) is 9.10. The summed E-state index contributed by atoms with van der Waals surface area (Å²) in [6.07, 6.45) is 1.12. The van der Waals surface area contributed by atoms with E-state index in [9.17, 15) is 4.79 Å². The lowest BCUT2D eigenvalue weighted by Crippen LogP contribution is -2.37. The van der Waals surface area contributed by atoms with E-state index in [0.717, 1.165) is 24.3 Å². The predicted molar refractivity (Wildman–Crippen MR) is 109 cm³/mol. The fourth-order valence-electron chi connectivity index (χ4n) is 3.28. The molecular formula is C21H27N3OS. The Morgan fingerprint density at radius 2 is 1.92 bits per heavy atom. The van der Waals surface area contributed by atoms with Crippen molar-refractivity contribution in [3.8, 4) is 0 Å². The highest BCUT2D eigenvalue weighted by Crippen LogP contribution is 2.35. The number of rotatable bonds is 6. The van der Waals surface area contributed by atoms with Crippen molar-refractivity contribution in [2.24, 2.45) is 0 Å². The summed E-state index contributed by atoms with van der Waals surface area (Å²) in [7, 11) is 4.11. The van der Waals surface area contributed by atoms with Crippen molar-refractivity contribution in [1.29, 1.82) is 0 Å².